The van der Waals surface area contributed by atoms with Gasteiger partial charge in [0.2, 0.25) is 0 Å². The van der Waals surface area contributed by atoms with Crippen molar-refractivity contribution in [3.8, 4) is 17.0 Å². The molecule has 4 nitrogen and oxygen atoms in total. The van der Waals surface area contributed by atoms with E-state index in [0.29, 0.717) is 5.13 Å². The van der Waals surface area contributed by atoms with Crippen molar-refractivity contribution in [2.75, 3.05) is 12.8 Å². The molecule has 3 N–H and O–H groups in total. The first-order chi connectivity index (χ1) is 8.70. The third-order valence-corrected chi connectivity index (χ3v) is 3.65. The minimum Gasteiger partial charge on any atom is -0.495 e. The maximum absolute atomic E-state index is 5.71. The number of rotatable bonds is 2. The van der Waals surface area contributed by atoms with Crippen molar-refractivity contribution < 1.29 is 4.74 Å². The minimum absolute atomic E-state index is 0.585. The molecule has 0 fully saturated rings. The molecule has 0 saturated heterocycles. The Morgan fingerprint density at radius 2 is 2.22 bits per heavy atom. The molecule has 0 aliphatic carbocycles. The summed E-state index contributed by atoms with van der Waals surface area (Å²) >= 11 is 1.45. The van der Waals surface area contributed by atoms with Crippen LogP contribution in [0.3, 0.4) is 0 Å². The highest BCUT2D eigenvalue weighted by atomic mass is 32.1. The number of aromatic amines is 1. The number of benzene rings is 1. The normalized spacial score (nSPS) is 11.0. The van der Waals surface area contributed by atoms with E-state index in [4.69, 9.17) is 10.5 Å². The van der Waals surface area contributed by atoms with Crippen LogP contribution in [0.25, 0.3) is 22.2 Å². The van der Waals surface area contributed by atoms with Crippen LogP contribution in [-0.4, -0.2) is 17.1 Å². The van der Waals surface area contributed by atoms with Gasteiger partial charge in [0.05, 0.1) is 18.3 Å². The number of fused-ring (bicyclic) bond motifs is 1. The average Bonchev–Trinajstić information content (AvgIpc) is 2.91. The fourth-order valence-corrected chi connectivity index (χ4v) is 2.78. The first-order valence-electron chi connectivity index (χ1n) is 5.57. The summed E-state index contributed by atoms with van der Waals surface area (Å²) in [5.74, 6) is 0.838. The van der Waals surface area contributed by atoms with Crippen molar-refractivity contribution in [1.82, 2.24) is 9.97 Å². The average molecular weight is 259 g/mol. The smallest absolute Gasteiger partial charge is 0.180 e. The molecule has 0 unspecified atom stereocenters. The Hall–Kier alpha value is -2.01. The molecule has 2 heterocycles. The second-order valence-electron chi connectivity index (χ2n) is 4.08. The molecule has 18 heavy (non-hydrogen) atoms. The molecule has 0 bridgehead atoms. The van der Waals surface area contributed by atoms with Gasteiger partial charge in [-0.1, -0.05) is 12.1 Å². The molecule has 1 aromatic carbocycles. The quantitative estimate of drug-likeness (QED) is 0.743. The van der Waals surface area contributed by atoms with Crippen LogP contribution in [0.4, 0.5) is 5.13 Å². The van der Waals surface area contributed by atoms with Gasteiger partial charge in [-0.05, 0) is 13.0 Å². The van der Waals surface area contributed by atoms with E-state index in [2.05, 4.69) is 16.0 Å². The largest absolute Gasteiger partial charge is 0.495 e. The lowest BCUT2D eigenvalue weighted by Gasteiger charge is -2.01. The third kappa shape index (κ3) is 1.55. The van der Waals surface area contributed by atoms with Crippen LogP contribution in [0.2, 0.25) is 0 Å². The van der Waals surface area contributed by atoms with Crippen molar-refractivity contribution in [1.29, 1.82) is 0 Å². The Kier molecular flexibility index (Phi) is 2.48. The highest BCUT2D eigenvalue weighted by Crippen LogP contribution is 2.36. The molecular formula is C13H13N3OS. The topological polar surface area (TPSA) is 63.9 Å². The third-order valence-electron chi connectivity index (χ3n) is 2.98. The number of nitrogen functional groups attached to an aromatic ring is 1. The van der Waals surface area contributed by atoms with Crippen molar-refractivity contribution >= 4 is 27.4 Å². The SMILES string of the molecule is COc1cccc2c(-c3csc(N)n3)c(C)[nH]c12. The second kappa shape index (κ2) is 4.03. The summed E-state index contributed by atoms with van der Waals surface area (Å²) in [6.07, 6.45) is 0. The summed E-state index contributed by atoms with van der Waals surface area (Å²) < 4.78 is 5.36. The van der Waals surface area contributed by atoms with Gasteiger partial charge >= 0.3 is 0 Å². The lowest BCUT2D eigenvalue weighted by Crippen LogP contribution is -1.84. The van der Waals surface area contributed by atoms with Gasteiger partial charge in [-0.3, -0.25) is 0 Å². The maximum atomic E-state index is 5.71. The molecule has 0 aliphatic rings. The van der Waals surface area contributed by atoms with Crippen molar-refractivity contribution in [2.45, 2.75) is 6.92 Å². The van der Waals surface area contributed by atoms with Crippen LogP contribution in [0.1, 0.15) is 5.69 Å². The minimum atomic E-state index is 0.585. The van der Waals surface area contributed by atoms with Gasteiger partial charge in [-0.25, -0.2) is 4.98 Å². The summed E-state index contributed by atoms with van der Waals surface area (Å²) in [5.41, 5.74) is 9.78. The number of methoxy groups -OCH3 is 1. The van der Waals surface area contributed by atoms with Crippen LogP contribution in [0.15, 0.2) is 23.6 Å². The molecular weight excluding hydrogens is 246 g/mol. The highest BCUT2D eigenvalue weighted by Gasteiger charge is 2.15. The Bertz CT molecular complexity index is 714. The van der Waals surface area contributed by atoms with Crippen LogP contribution < -0.4 is 10.5 Å². The first kappa shape index (κ1) is 11.1. The van der Waals surface area contributed by atoms with Gasteiger partial charge in [0.25, 0.3) is 0 Å². The molecule has 0 saturated carbocycles. The number of nitrogens with two attached hydrogens (primary N) is 1. The molecule has 0 radical (unpaired) electrons. The summed E-state index contributed by atoms with van der Waals surface area (Å²) in [5, 5.41) is 3.67. The predicted molar refractivity (Wildman–Crippen MR) is 75.1 cm³/mol. The van der Waals surface area contributed by atoms with Crippen LogP contribution >= 0.6 is 11.3 Å². The summed E-state index contributed by atoms with van der Waals surface area (Å²) in [7, 11) is 1.67. The molecule has 3 aromatic rings. The number of ether oxygens (including phenoxy) is 1. The van der Waals surface area contributed by atoms with Gasteiger partial charge in [-0.15, -0.1) is 11.3 Å². The Morgan fingerprint density at radius 3 is 2.89 bits per heavy atom. The van der Waals surface area contributed by atoms with Crippen molar-refractivity contribution in [3.63, 3.8) is 0 Å². The zero-order chi connectivity index (χ0) is 12.7. The molecule has 5 heteroatoms. The zero-order valence-electron chi connectivity index (χ0n) is 10.2. The van der Waals surface area contributed by atoms with Gasteiger partial charge in [0, 0.05) is 22.0 Å². The number of thiazole rings is 1. The number of hydrogen-bond donors (Lipinski definition) is 2. The molecule has 0 spiro atoms. The van der Waals surface area contributed by atoms with E-state index >= 15 is 0 Å². The number of hydrogen-bond acceptors (Lipinski definition) is 4. The maximum Gasteiger partial charge on any atom is 0.180 e. The van der Waals surface area contributed by atoms with E-state index in [1.807, 2.05) is 24.4 Å². The van der Waals surface area contributed by atoms with Crippen LogP contribution in [0, 0.1) is 6.92 Å². The van der Waals surface area contributed by atoms with E-state index in [-0.39, 0.29) is 0 Å². The van der Waals surface area contributed by atoms with Gasteiger partial charge in [-0.2, -0.15) is 0 Å². The van der Waals surface area contributed by atoms with E-state index in [0.717, 1.165) is 33.6 Å². The molecule has 0 atom stereocenters. The first-order valence-corrected chi connectivity index (χ1v) is 6.45. The van der Waals surface area contributed by atoms with E-state index < -0.39 is 0 Å². The Morgan fingerprint density at radius 1 is 1.39 bits per heavy atom. The van der Waals surface area contributed by atoms with Gasteiger partial charge < -0.3 is 15.5 Å². The molecule has 2 aromatic heterocycles. The second-order valence-corrected chi connectivity index (χ2v) is 4.97. The summed E-state index contributed by atoms with van der Waals surface area (Å²) in [6, 6.07) is 5.98. The van der Waals surface area contributed by atoms with E-state index in [1.54, 1.807) is 7.11 Å². The van der Waals surface area contributed by atoms with Gasteiger partial charge in [0.15, 0.2) is 5.13 Å². The fraction of sp³-hybridized carbons (Fsp3) is 0.154. The number of aromatic nitrogens is 2. The zero-order valence-corrected chi connectivity index (χ0v) is 11.0. The lowest BCUT2D eigenvalue weighted by molar-refractivity contribution is 0.419. The number of anilines is 1. The molecule has 92 valence electrons. The number of aryl methyl sites for hydroxylation is 1. The predicted octanol–water partition coefficient (Wildman–Crippen LogP) is 3.19. The standard InChI is InChI=1S/C13H13N3OS/c1-7-11(9-6-18-13(14)16-9)8-4-3-5-10(17-2)12(8)15-7/h3-6,15H,1-2H3,(H2,14,16). The Balaban J connectivity index is 2.33. The highest BCUT2D eigenvalue weighted by molar-refractivity contribution is 7.13. The number of nitrogens with zero attached hydrogens (tertiary/aromatic N) is 1. The van der Waals surface area contributed by atoms with E-state index in [9.17, 15) is 0 Å². The summed E-state index contributed by atoms with van der Waals surface area (Å²) in [4.78, 5) is 7.71. The van der Waals surface area contributed by atoms with Crippen LogP contribution in [0.5, 0.6) is 5.75 Å². The van der Waals surface area contributed by atoms with E-state index in [1.165, 1.54) is 11.3 Å². The monoisotopic (exact) mass is 259 g/mol. The lowest BCUT2D eigenvalue weighted by atomic mass is 10.1. The molecule has 3 rings (SSSR count). The molecule has 0 amide bonds. The van der Waals surface area contributed by atoms with Crippen LogP contribution in [-0.2, 0) is 0 Å². The number of nitrogens with one attached hydrogen (secondary N) is 1. The van der Waals surface area contributed by atoms with Crippen molar-refractivity contribution in [3.05, 3.63) is 29.3 Å². The molecule has 0 aliphatic heterocycles. The number of H-pyrrole nitrogens is 1. The Labute approximate surface area is 108 Å². The summed E-state index contributed by atoms with van der Waals surface area (Å²) in [6.45, 7) is 2.03. The van der Waals surface area contributed by atoms with Crippen molar-refractivity contribution in [2.24, 2.45) is 0 Å². The fourth-order valence-electron chi connectivity index (χ4n) is 2.22. The van der Waals surface area contributed by atoms with Gasteiger partial charge in [0.1, 0.15) is 5.75 Å². The number of para-hydroxylation sites is 1.